The third-order valence-corrected chi connectivity index (χ3v) is 5.34. The molecule has 2 heterocycles. The molecule has 30 heavy (non-hydrogen) atoms. The number of carbonyl (C=O) groups is 1. The van der Waals surface area contributed by atoms with Crippen LogP contribution in [-0.4, -0.2) is 38.2 Å². The van der Waals surface area contributed by atoms with Gasteiger partial charge in [-0.05, 0) is 56.0 Å². The van der Waals surface area contributed by atoms with E-state index in [1.165, 1.54) is 28.4 Å². The van der Waals surface area contributed by atoms with Crippen LogP contribution in [0.2, 0.25) is 0 Å². The molecule has 0 saturated carbocycles. The van der Waals surface area contributed by atoms with Crippen molar-refractivity contribution >= 4 is 17.5 Å². The Morgan fingerprint density at radius 1 is 1.23 bits per heavy atom. The standard InChI is InChI=1S/C24H30N4O2/c1-4-22-21(23-7-5-6-15-28(23)25-22)14-16-27(18(2)3)17-20-10-8-19(9-11-20)12-13-24(29)26-30/h5-13,15,18,30H,4,14,16-17H2,1-3H3,(H,26,29)/b13-12+. The van der Waals surface area contributed by atoms with Crippen LogP contribution in [0.25, 0.3) is 11.6 Å². The topological polar surface area (TPSA) is 69.9 Å². The zero-order valence-corrected chi connectivity index (χ0v) is 17.9. The second-order valence-corrected chi connectivity index (χ2v) is 7.67. The normalized spacial score (nSPS) is 11.8. The van der Waals surface area contributed by atoms with E-state index in [0.29, 0.717) is 6.04 Å². The first-order valence-corrected chi connectivity index (χ1v) is 10.4. The molecule has 6 heteroatoms. The maximum absolute atomic E-state index is 11.1. The fraction of sp³-hybridized carbons (Fsp3) is 0.333. The minimum absolute atomic E-state index is 0.421. The van der Waals surface area contributed by atoms with Gasteiger partial charge in [0.25, 0.3) is 5.91 Å². The minimum atomic E-state index is -0.538. The highest BCUT2D eigenvalue weighted by Gasteiger charge is 2.15. The number of fused-ring (bicyclic) bond motifs is 1. The molecule has 6 nitrogen and oxygen atoms in total. The van der Waals surface area contributed by atoms with E-state index in [0.717, 1.165) is 31.5 Å². The van der Waals surface area contributed by atoms with Gasteiger partial charge in [0.05, 0.1) is 11.2 Å². The highest BCUT2D eigenvalue weighted by Crippen LogP contribution is 2.19. The first-order valence-electron chi connectivity index (χ1n) is 10.4. The Balaban J connectivity index is 1.69. The van der Waals surface area contributed by atoms with Crippen molar-refractivity contribution in [3.63, 3.8) is 0 Å². The summed E-state index contributed by atoms with van der Waals surface area (Å²) in [5.74, 6) is -0.538. The van der Waals surface area contributed by atoms with Crippen molar-refractivity contribution in [1.29, 1.82) is 0 Å². The quantitative estimate of drug-likeness (QED) is 0.322. The summed E-state index contributed by atoms with van der Waals surface area (Å²) in [5.41, 5.74) is 7.44. The lowest BCUT2D eigenvalue weighted by atomic mass is 10.1. The summed E-state index contributed by atoms with van der Waals surface area (Å²) < 4.78 is 1.98. The molecule has 0 radical (unpaired) electrons. The molecular weight excluding hydrogens is 376 g/mol. The van der Waals surface area contributed by atoms with Crippen molar-refractivity contribution in [2.24, 2.45) is 0 Å². The Kier molecular flexibility index (Phi) is 7.38. The van der Waals surface area contributed by atoms with Crippen molar-refractivity contribution in [2.45, 2.75) is 46.2 Å². The molecule has 0 unspecified atom stereocenters. The average Bonchev–Trinajstić information content (AvgIpc) is 3.13. The Hall–Kier alpha value is -2.96. The smallest absolute Gasteiger partial charge is 0.267 e. The number of amides is 1. The Morgan fingerprint density at radius 2 is 2.00 bits per heavy atom. The molecule has 0 aliphatic rings. The Morgan fingerprint density at radius 3 is 2.67 bits per heavy atom. The number of hydrogen-bond acceptors (Lipinski definition) is 4. The van der Waals surface area contributed by atoms with E-state index in [-0.39, 0.29) is 0 Å². The number of nitrogens with one attached hydrogen (secondary N) is 1. The number of pyridine rings is 1. The molecule has 1 aromatic carbocycles. The third kappa shape index (κ3) is 5.34. The molecule has 3 rings (SSSR count). The van der Waals surface area contributed by atoms with Crippen LogP contribution in [0.15, 0.2) is 54.7 Å². The molecular formula is C24H30N4O2. The molecule has 2 N–H and O–H groups in total. The summed E-state index contributed by atoms with van der Waals surface area (Å²) in [5, 5.41) is 13.3. The van der Waals surface area contributed by atoms with E-state index in [1.54, 1.807) is 11.6 Å². The minimum Gasteiger partial charge on any atom is -0.296 e. The monoisotopic (exact) mass is 406 g/mol. The number of benzene rings is 1. The third-order valence-electron chi connectivity index (χ3n) is 5.34. The lowest BCUT2D eigenvalue weighted by Crippen LogP contribution is -2.32. The fourth-order valence-electron chi connectivity index (χ4n) is 3.61. The van der Waals surface area contributed by atoms with Gasteiger partial charge in [0.1, 0.15) is 0 Å². The molecule has 0 spiro atoms. The summed E-state index contributed by atoms with van der Waals surface area (Å²) in [6.07, 6.45) is 6.89. The summed E-state index contributed by atoms with van der Waals surface area (Å²) in [6, 6.07) is 14.8. The predicted octanol–water partition coefficient (Wildman–Crippen LogP) is 3.87. The van der Waals surface area contributed by atoms with Crippen LogP contribution in [-0.2, 0) is 24.2 Å². The zero-order valence-electron chi connectivity index (χ0n) is 17.9. The van der Waals surface area contributed by atoms with Gasteiger partial charge < -0.3 is 0 Å². The molecule has 0 bridgehead atoms. The van der Waals surface area contributed by atoms with Gasteiger partial charge in [-0.15, -0.1) is 0 Å². The lowest BCUT2D eigenvalue weighted by molar-refractivity contribution is -0.124. The second-order valence-electron chi connectivity index (χ2n) is 7.67. The maximum Gasteiger partial charge on any atom is 0.267 e. The molecule has 3 aromatic rings. The lowest BCUT2D eigenvalue weighted by Gasteiger charge is -2.26. The molecule has 1 amide bonds. The molecule has 0 saturated heterocycles. The number of aryl methyl sites for hydroxylation is 1. The van der Waals surface area contributed by atoms with Gasteiger partial charge in [0.15, 0.2) is 0 Å². The van der Waals surface area contributed by atoms with E-state index in [4.69, 9.17) is 10.3 Å². The largest absolute Gasteiger partial charge is 0.296 e. The van der Waals surface area contributed by atoms with E-state index in [1.807, 2.05) is 28.9 Å². The SMILES string of the molecule is CCc1nn2ccccc2c1CCN(Cc1ccc(/C=C/C(=O)NO)cc1)C(C)C. The van der Waals surface area contributed by atoms with Gasteiger partial charge in [-0.2, -0.15) is 5.10 Å². The number of rotatable bonds is 9. The van der Waals surface area contributed by atoms with Gasteiger partial charge in [0.2, 0.25) is 0 Å². The fourth-order valence-corrected chi connectivity index (χ4v) is 3.61. The van der Waals surface area contributed by atoms with Gasteiger partial charge in [-0.1, -0.05) is 37.3 Å². The van der Waals surface area contributed by atoms with Crippen molar-refractivity contribution < 1.29 is 10.0 Å². The van der Waals surface area contributed by atoms with Gasteiger partial charge in [-0.3, -0.25) is 14.9 Å². The maximum atomic E-state index is 11.1. The van der Waals surface area contributed by atoms with E-state index in [2.05, 4.69) is 49.9 Å². The molecule has 158 valence electrons. The van der Waals surface area contributed by atoms with Crippen LogP contribution in [0.4, 0.5) is 0 Å². The van der Waals surface area contributed by atoms with E-state index < -0.39 is 5.91 Å². The first kappa shape index (κ1) is 21.7. The average molecular weight is 407 g/mol. The second kappa shape index (κ2) is 10.2. The van der Waals surface area contributed by atoms with Gasteiger partial charge >= 0.3 is 0 Å². The number of carbonyl (C=O) groups excluding carboxylic acids is 1. The van der Waals surface area contributed by atoms with Crippen molar-refractivity contribution in [3.8, 4) is 0 Å². The predicted molar refractivity (Wildman–Crippen MR) is 119 cm³/mol. The molecule has 2 aromatic heterocycles. The van der Waals surface area contributed by atoms with Gasteiger partial charge in [0, 0.05) is 37.0 Å². The summed E-state index contributed by atoms with van der Waals surface area (Å²) in [4.78, 5) is 13.6. The number of aromatic nitrogens is 2. The summed E-state index contributed by atoms with van der Waals surface area (Å²) >= 11 is 0. The number of hydroxylamine groups is 1. The van der Waals surface area contributed by atoms with Crippen LogP contribution in [0.1, 0.15) is 43.2 Å². The Labute approximate surface area is 177 Å². The van der Waals surface area contributed by atoms with Crippen molar-refractivity contribution in [3.05, 3.63) is 77.1 Å². The Bertz CT molecular complexity index is 1010. The van der Waals surface area contributed by atoms with Crippen molar-refractivity contribution in [2.75, 3.05) is 6.54 Å². The van der Waals surface area contributed by atoms with Gasteiger partial charge in [-0.25, -0.2) is 10.00 Å². The van der Waals surface area contributed by atoms with Crippen LogP contribution < -0.4 is 5.48 Å². The van der Waals surface area contributed by atoms with Crippen LogP contribution in [0.5, 0.6) is 0 Å². The highest BCUT2D eigenvalue weighted by molar-refractivity contribution is 5.90. The molecule has 0 aliphatic heterocycles. The van der Waals surface area contributed by atoms with Crippen LogP contribution in [0.3, 0.4) is 0 Å². The van der Waals surface area contributed by atoms with Crippen LogP contribution >= 0.6 is 0 Å². The highest BCUT2D eigenvalue weighted by atomic mass is 16.5. The summed E-state index contributed by atoms with van der Waals surface area (Å²) in [7, 11) is 0. The first-order chi connectivity index (χ1) is 14.5. The van der Waals surface area contributed by atoms with Crippen molar-refractivity contribution in [1.82, 2.24) is 20.0 Å². The van der Waals surface area contributed by atoms with E-state index in [9.17, 15) is 4.79 Å². The summed E-state index contributed by atoms with van der Waals surface area (Å²) in [6.45, 7) is 8.42. The molecule has 0 atom stereocenters. The number of hydrogen-bond donors (Lipinski definition) is 2. The molecule has 0 aliphatic carbocycles. The zero-order chi connectivity index (χ0) is 21.5. The number of nitrogens with zero attached hydrogens (tertiary/aromatic N) is 3. The molecule has 0 fully saturated rings. The van der Waals surface area contributed by atoms with Crippen LogP contribution in [0, 0.1) is 0 Å². The van der Waals surface area contributed by atoms with E-state index >= 15 is 0 Å².